The maximum absolute atomic E-state index is 12.7. The van der Waals surface area contributed by atoms with Gasteiger partial charge >= 0.3 is 0 Å². The van der Waals surface area contributed by atoms with Gasteiger partial charge in [-0.05, 0) is 18.8 Å². The monoisotopic (exact) mass is 263 g/mol. The van der Waals surface area contributed by atoms with Crippen LogP contribution in [0.25, 0.3) is 0 Å². The molecule has 0 saturated heterocycles. The van der Waals surface area contributed by atoms with Gasteiger partial charge in [-0.2, -0.15) is 0 Å². The fourth-order valence-electron chi connectivity index (χ4n) is 2.40. The van der Waals surface area contributed by atoms with Crippen molar-refractivity contribution in [2.75, 3.05) is 13.2 Å². The van der Waals surface area contributed by atoms with Crippen molar-refractivity contribution in [2.45, 2.75) is 57.3 Å². The van der Waals surface area contributed by atoms with Crippen LogP contribution in [0.2, 0.25) is 0 Å². The van der Waals surface area contributed by atoms with Crippen LogP contribution >= 0.6 is 0 Å². The molecule has 0 spiro atoms. The molecule has 2 N–H and O–H groups in total. The van der Waals surface area contributed by atoms with Gasteiger partial charge in [0.05, 0.1) is 6.54 Å². The number of alkyl halides is 2. The number of nitrogens with one attached hydrogen (secondary N) is 1. The van der Waals surface area contributed by atoms with Gasteiger partial charge in [0.25, 0.3) is 5.92 Å². The normalized spacial score (nSPS) is 17.7. The van der Waals surface area contributed by atoms with Gasteiger partial charge in [-0.25, -0.2) is 8.78 Å². The lowest BCUT2D eigenvalue weighted by molar-refractivity contribution is -0.124. The Bertz CT molecular complexity index is 253. The van der Waals surface area contributed by atoms with Crippen molar-refractivity contribution in [1.29, 1.82) is 0 Å². The Morgan fingerprint density at radius 3 is 2.56 bits per heavy atom. The zero-order valence-corrected chi connectivity index (χ0v) is 10.8. The highest BCUT2D eigenvalue weighted by molar-refractivity contribution is 5.75. The van der Waals surface area contributed by atoms with Gasteiger partial charge in [-0.3, -0.25) is 4.79 Å². The van der Waals surface area contributed by atoms with E-state index in [1.807, 2.05) is 0 Å². The molecule has 3 nitrogen and oxygen atoms in total. The highest BCUT2D eigenvalue weighted by Gasteiger charge is 2.28. The molecule has 1 saturated carbocycles. The second-order valence-corrected chi connectivity index (χ2v) is 5.19. The lowest BCUT2D eigenvalue weighted by atomic mass is 9.86. The average molecular weight is 263 g/mol. The van der Waals surface area contributed by atoms with Crippen LogP contribution in [-0.4, -0.2) is 30.1 Å². The molecule has 0 radical (unpaired) electrons. The molecule has 0 aliphatic heterocycles. The molecule has 0 bridgehead atoms. The fraction of sp³-hybridized carbons (Fsp3) is 0.923. The van der Waals surface area contributed by atoms with Crippen LogP contribution in [-0.2, 0) is 4.79 Å². The van der Waals surface area contributed by atoms with Crippen molar-refractivity contribution >= 4 is 5.91 Å². The van der Waals surface area contributed by atoms with E-state index in [0.717, 1.165) is 12.8 Å². The highest BCUT2D eigenvalue weighted by Crippen LogP contribution is 2.27. The maximum atomic E-state index is 12.7. The zero-order valence-electron chi connectivity index (χ0n) is 10.8. The average Bonchev–Trinajstić information content (AvgIpc) is 2.38. The number of halogens is 2. The molecule has 0 aromatic rings. The molecule has 5 heteroatoms. The molecular formula is C13H23F2NO2. The molecule has 0 heterocycles. The first-order chi connectivity index (χ1) is 8.53. The molecule has 1 fully saturated rings. The second-order valence-electron chi connectivity index (χ2n) is 5.19. The van der Waals surface area contributed by atoms with Crippen LogP contribution in [0.3, 0.4) is 0 Å². The van der Waals surface area contributed by atoms with Crippen LogP contribution in [0.4, 0.5) is 8.78 Å². The maximum Gasteiger partial charge on any atom is 0.287 e. The van der Waals surface area contributed by atoms with E-state index < -0.39 is 19.1 Å². The van der Waals surface area contributed by atoms with Crippen LogP contribution in [0.15, 0.2) is 0 Å². The lowest BCUT2D eigenvalue weighted by Gasteiger charge is -2.21. The minimum absolute atomic E-state index is 0.304. The second kappa shape index (κ2) is 7.67. The molecule has 0 unspecified atom stereocenters. The first kappa shape index (κ1) is 15.3. The summed E-state index contributed by atoms with van der Waals surface area (Å²) >= 11 is 0. The number of aliphatic hydroxyl groups excluding tert-OH is 1. The summed E-state index contributed by atoms with van der Waals surface area (Å²) in [5.41, 5.74) is 0. The number of carbonyl (C=O) groups excluding carboxylic acids is 1. The number of hydrogen-bond acceptors (Lipinski definition) is 2. The van der Waals surface area contributed by atoms with E-state index in [0.29, 0.717) is 12.3 Å². The third kappa shape index (κ3) is 6.28. The molecular weight excluding hydrogens is 240 g/mol. The summed E-state index contributed by atoms with van der Waals surface area (Å²) in [5.74, 6) is -2.84. The van der Waals surface area contributed by atoms with Gasteiger partial charge in [0.15, 0.2) is 0 Å². The molecule has 106 valence electrons. The number of rotatable bonds is 7. The summed E-state index contributed by atoms with van der Waals surface area (Å²) < 4.78 is 25.3. The summed E-state index contributed by atoms with van der Waals surface area (Å²) in [6, 6.07) is 0. The van der Waals surface area contributed by atoms with Crippen LogP contribution in [0, 0.1) is 5.92 Å². The Balaban J connectivity index is 2.06. The Kier molecular flexibility index (Phi) is 6.54. The molecule has 1 aliphatic rings. The summed E-state index contributed by atoms with van der Waals surface area (Å²) in [6.07, 6.45) is 8.43. The Morgan fingerprint density at radius 1 is 1.28 bits per heavy atom. The van der Waals surface area contributed by atoms with Crippen molar-refractivity contribution < 1.29 is 18.7 Å². The predicted molar refractivity (Wildman–Crippen MR) is 65.5 cm³/mol. The van der Waals surface area contributed by atoms with Crippen molar-refractivity contribution in [2.24, 2.45) is 5.92 Å². The summed E-state index contributed by atoms with van der Waals surface area (Å²) in [5, 5.41) is 10.5. The SMILES string of the molecule is O=C(CCCC1CCCCC1)NCC(F)(F)CO. The molecule has 1 amide bonds. The number of amides is 1. The standard InChI is InChI=1S/C13H23F2NO2/c14-13(15,10-17)9-16-12(18)8-4-7-11-5-2-1-3-6-11/h11,17H,1-10H2,(H,16,18). The Hall–Kier alpha value is -0.710. The zero-order chi connectivity index (χ0) is 13.4. The molecule has 1 rings (SSSR count). The molecule has 18 heavy (non-hydrogen) atoms. The highest BCUT2D eigenvalue weighted by atomic mass is 19.3. The van der Waals surface area contributed by atoms with E-state index in [1.165, 1.54) is 32.1 Å². The van der Waals surface area contributed by atoms with Crippen molar-refractivity contribution in [3.05, 3.63) is 0 Å². The number of hydrogen-bond donors (Lipinski definition) is 2. The van der Waals surface area contributed by atoms with Gasteiger partial charge in [0, 0.05) is 6.42 Å². The minimum Gasteiger partial charge on any atom is -0.390 e. The van der Waals surface area contributed by atoms with Crippen molar-refractivity contribution in [3.63, 3.8) is 0 Å². The lowest BCUT2D eigenvalue weighted by Crippen LogP contribution is -2.38. The van der Waals surface area contributed by atoms with Crippen LogP contribution in [0.5, 0.6) is 0 Å². The van der Waals surface area contributed by atoms with Crippen LogP contribution in [0.1, 0.15) is 51.4 Å². The van der Waals surface area contributed by atoms with Crippen molar-refractivity contribution in [1.82, 2.24) is 5.32 Å². The summed E-state index contributed by atoms with van der Waals surface area (Å²) in [6.45, 7) is -2.00. The van der Waals surface area contributed by atoms with E-state index >= 15 is 0 Å². The topological polar surface area (TPSA) is 49.3 Å². The molecule has 0 aromatic carbocycles. The molecule has 0 aromatic heterocycles. The molecule has 0 atom stereocenters. The van der Waals surface area contributed by atoms with E-state index in [-0.39, 0.29) is 5.91 Å². The fourth-order valence-corrected chi connectivity index (χ4v) is 2.40. The molecule has 1 aliphatic carbocycles. The predicted octanol–water partition coefficient (Wildman–Crippen LogP) is 2.48. The van der Waals surface area contributed by atoms with Gasteiger partial charge in [0.1, 0.15) is 6.61 Å². The van der Waals surface area contributed by atoms with Gasteiger partial charge < -0.3 is 10.4 Å². The van der Waals surface area contributed by atoms with Gasteiger partial charge in [-0.15, -0.1) is 0 Å². The van der Waals surface area contributed by atoms with Gasteiger partial charge in [-0.1, -0.05) is 32.1 Å². The number of aliphatic hydroxyl groups is 1. The minimum atomic E-state index is -3.21. The first-order valence-electron chi connectivity index (χ1n) is 6.79. The third-order valence-corrected chi connectivity index (χ3v) is 3.52. The Labute approximate surface area is 107 Å². The first-order valence-corrected chi connectivity index (χ1v) is 6.79. The third-order valence-electron chi connectivity index (χ3n) is 3.52. The van der Waals surface area contributed by atoms with E-state index in [4.69, 9.17) is 5.11 Å². The number of carbonyl (C=O) groups is 1. The smallest absolute Gasteiger partial charge is 0.287 e. The summed E-state index contributed by atoms with van der Waals surface area (Å²) in [7, 11) is 0. The van der Waals surface area contributed by atoms with Crippen LogP contribution < -0.4 is 5.32 Å². The quantitative estimate of drug-likeness (QED) is 0.741. The largest absolute Gasteiger partial charge is 0.390 e. The van der Waals surface area contributed by atoms with Gasteiger partial charge in [0.2, 0.25) is 5.91 Å². The van der Waals surface area contributed by atoms with E-state index in [2.05, 4.69) is 5.32 Å². The van der Waals surface area contributed by atoms with E-state index in [1.54, 1.807) is 0 Å². The van der Waals surface area contributed by atoms with E-state index in [9.17, 15) is 13.6 Å². The van der Waals surface area contributed by atoms with Crippen molar-refractivity contribution in [3.8, 4) is 0 Å². The summed E-state index contributed by atoms with van der Waals surface area (Å²) in [4.78, 5) is 11.3. The Morgan fingerprint density at radius 2 is 1.94 bits per heavy atom.